The molecule has 2 aromatic carbocycles. The van der Waals surface area contributed by atoms with Crippen molar-refractivity contribution in [2.75, 3.05) is 6.61 Å². The van der Waals surface area contributed by atoms with Crippen molar-refractivity contribution < 1.29 is 48.6 Å². The first-order valence-electron chi connectivity index (χ1n) is 15.6. The molecule has 1 fully saturated rings. The van der Waals surface area contributed by atoms with E-state index < -0.39 is 102 Å². The number of aliphatic hydroxyl groups is 2. The molecule has 2 N–H and O–H groups in total. The predicted molar refractivity (Wildman–Crippen MR) is 131 cm³/mol. The summed E-state index contributed by atoms with van der Waals surface area (Å²) < 4.78 is 120. The second kappa shape index (κ2) is 8.77. The Hall–Kier alpha value is -3.04. The van der Waals surface area contributed by atoms with Crippen LogP contribution in [0, 0.1) is 5.82 Å². The Kier molecular flexibility index (Phi) is 4.14. The fourth-order valence-electron chi connectivity index (χ4n) is 4.35. The maximum Gasteiger partial charge on any atom is 0.586 e. The molecule has 0 bridgehead atoms. The summed E-state index contributed by atoms with van der Waals surface area (Å²) in [4.78, 5) is 14.0. The summed E-state index contributed by atoms with van der Waals surface area (Å²) in [5.41, 5.74) is -4.05. The van der Waals surface area contributed by atoms with Crippen LogP contribution in [-0.4, -0.2) is 39.5 Å². The second-order valence-corrected chi connectivity index (χ2v) is 9.76. The molecule has 5 rings (SSSR count). The molecular weight excluding hydrogens is 487 g/mol. The molecule has 37 heavy (non-hydrogen) atoms. The lowest BCUT2D eigenvalue weighted by Gasteiger charge is -2.26. The van der Waals surface area contributed by atoms with E-state index in [1.807, 2.05) is 20.8 Å². The molecule has 0 spiro atoms. The van der Waals surface area contributed by atoms with E-state index in [2.05, 4.69) is 9.47 Å². The number of aromatic nitrogens is 1. The normalized spacial score (nSPS) is 25.0. The van der Waals surface area contributed by atoms with E-state index >= 15 is 4.39 Å². The molecular formula is C28H30F3NO5. The Morgan fingerprint density at radius 2 is 1.97 bits per heavy atom. The number of Topliss-reactive ketones (excluding diaryl/α,β-unsaturated/α-hetero) is 1. The number of rotatable bonds is 9. The number of carbonyl (C=O) groups is 1. The van der Waals surface area contributed by atoms with Gasteiger partial charge in [-0.15, -0.1) is 8.78 Å². The number of alkyl halides is 2. The number of fused-ring (bicyclic) bond motifs is 2. The van der Waals surface area contributed by atoms with Gasteiger partial charge in [0.2, 0.25) is 0 Å². The zero-order valence-electron chi connectivity index (χ0n) is 28.3. The van der Waals surface area contributed by atoms with Crippen molar-refractivity contribution in [1.29, 1.82) is 0 Å². The summed E-state index contributed by atoms with van der Waals surface area (Å²) in [6.07, 6.45) is -13.2. The van der Waals surface area contributed by atoms with Crippen molar-refractivity contribution in [3.63, 3.8) is 0 Å². The number of hydrogen-bond acceptors (Lipinski definition) is 5. The number of hydrogen-bond donors (Lipinski definition) is 2. The maximum absolute atomic E-state index is 15.7. The SMILES string of the molecule is [2H]c1c([2H])c(C2(C(=O)Cc3cc4cc(C(C)(C)CC)n(C[C@]([2H])(O)CO)c4cc3F)C([2H])([2H])C2([2H])[2H])c([2H])c2c1OC(F)(F)O2. The zero-order chi connectivity index (χ0) is 33.9. The lowest BCUT2D eigenvalue weighted by molar-refractivity contribution is -0.286. The Morgan fingerprint density at radius 3 is 2.62 bits per heavy atom. The second-order valence-electron chi connectivity index (χ2n) is 9.76. The number of ketones is 1. The number of benzene rings is 2. The summed E-state index contributed by atoms with van der Waals surface area (Å²) in [6.45, 7) is 4.31. The van der Waals surface area contributed by atoms with Crippen LogP contribution in [0.4, 0.5) is 13.2 Å². The highest BCUT2D eigenvalue weighted by atomic mass is 19.3. The van der Waals surface area contributed by atoms with Crippen LogP contribution in [0.5, 0.6) is 11.5 Å². The Balaban J connectivity index is 1.65. The molecule has 198 valence electrons. The van der Waals surface area contributed by atoms with Crippen LogP contribution >= 0.6 is 0 Å². The largest absolute Gasteiger partial charge is 0.586 e. The smallest absolute Gasteiger partial charge is 0.395 e. The minimum absolute atomic E-state index is 0.212. The van der Waals surface area contributed by atoms with Crippen LogP contribution in [0.2, 0.25) is 0 Å². The van der Waals surface area contributed by atoms with Gasteiger partial charge in [0.15, 0.2) is 11.5 Å². The van der Waals surface area contributed by atoms with Crippen molar-refractivity contribution in [3.8, 4) is 11.5 Å². The van der Waals surface area contributed by atoms with Crippen LogP contribution in [0.15, 0.2) is 36.3 Å². The Morgan fingerprint density at radius 1 is 1.27 bits per heavy atom. The van der Waals surface area contributed by atoms with Gasteiger partial charge < -0.3 is 24.3 Å². The molecule has 2 heterocycles. The lowest BCUT2D eigenvalue weighted by atomic mass is 9.86. The maximum atomic E-state index is 15.7. The van der Waals surface area contributed by atoms with Gasteiger partial charge >= 0.3 is 6.29 Å². The van der Waals surface area contributed by atoms with Crippen molar-refractivity contribution >= 4 is 16.7 Å². The lowest BCUT2D eigenvalue weighted by Crippen LogP contribution is -2.26. The standard InChI is InChI=1S/C28H30F3NO5/c1-4-26(2,3)24-10-17-9-16(20(29)13-21(17)32(24)14-19(34)15-33)11-25(35)27(7-8-27)18-5-6-22-23(12-18)37-28(30,31)36-22/h5-6,9-10,12-13,19,33-34H,4,7-8,11,14-15H2,1-3H3/t19-/m0/s1/i5D,6D,7D2,8D2,12D,19D. The number of nitrogens with zero attached hydrogens (tertiary/aromatic N) is 1. The molecule has 2 aliphatic rings. The zero-order valence-corrected chi connectivity index (χ0v) is 20.3. The third-order valence-corrected chi connectivity index (χ3v) is 6.88. The van der Waals surface area contributed by atoms with Crippen LogP contribution in [-0.2, 0) is 28.6 Å². The summed E-state index contributed by atoms with van der Waals surface area (Å²) in [5.74, 6) is -4.35. The van der Waals surface area contributed by atoms with Gasteiger partial charge in [0.05, 0.1) is 35.6 Å². The average Bonchev–Trinajstić information content (AvgIpc) is 3.25. The summed E-state index contributed by atoms with van der Waals surface area (Å²) in [7, 11) is 0. The van der Waals surface area contributed by atoms with Gasteiger partial charge in [-0.1, -0.05) is 26.8 Å². The fourth-order valence-corrected chi connectivity index (χ4v) is 4.35. The molecule has 1 aliphatic carbocycles. The average molecular weight is 526 g/mol. The molecule has 1 aliphatic heterocycles. The van der Waals surface area contributed by atoms with Crippen molar-refractivity contribution in [2.45, 2.75) is 76.1 Å². The van der Waals surface area contributed by atoms with E-state index in [1.54, 1.807) is 6.07 Å². The van der Waals surface area contributed by atoms with Gasteiger partial charge in [0.25, 0.3) is 0 Å². The molecule has 1 saturated carbocycles. The van der Waals surface area contributed by atoms with Gasteiger partial charge in [-0.2, -0.15) is 0 Å². The van der Waals surface area contributed by atoms with Gasteiger partial charge in [0, 0.05) is 28.4 Å². The Labute approximate surface area is 223 Å². The number of aliphatic hydroxyl groups excluding tert-OH is 1. The molecule has 0 amide bonds. The minimum atomic E-state index is -4.33. The summed E-state index contributed by atoms with van der Waals surface area (Å²) in [6, 6.07) is 0.643. The highest BCUT2D eigenvalue weighted by Gasteiger charge is 2.52. The van der Waals surface area contributed by atoms with Crippen molar-refractivity contribution in [1.82, 2.24) is 4.57 Å². The number of carbonyl (C=O) groups excluding carboxylic acids is 1. The molecule has 0 unspecified atom stereocenters. The topological polar surface area (TPSA) is 80.9 Å². The third kappa shape index (κ3) is 4.48. The molecule has 1 atom stereocenters. The van der Waals surface area contributed by atoms with E-state index in [-0.39, 0.29) is 11.1 Å². The predicted octanol–water partition coefficient (Wildman–Crippen LogP) is 4.99. The van der Waals surface area contributed by atoms with Crippen molar-refractivity contribution in [3.05, 3.63) is 59.0 Å². The quantitative estimate of drug-likeness (QED) is 0.412. The molecule has 1 aromatic heterocycles. The monoisotopic (exact) mass is 525 g/mol. The van der Waals surface area contributed by atoms with E-state index in [1.165, 1.54) is 10.6 Å². The number of halogens is 3. The van der Waals surface area contributed by atoms with Gasteiger partial charge in [0.1, 0.15) is 11.6 Å². The molecule has 0 saturated heterocycles. The van der Waals surface area contributed by atoms with Crippen LogP contribution in [0.25, 0.3) is 10.9 Å². The molecule has 9 heteroatoms. The summed E-state index contributed by atoms with van der Waals surface area (Å²) >= 11 is 0. The van der Waals surface area contributed by atoms with Crippen LogP contribution in [0.1, 0.15) is 67.7 Å². The Bertz CT molecular complexity index is 1740. The highest BCUT2D eigenvalue weighted by Crippen LogP contribution is 2.52. The minimum Gasteiger partial charge on any atom is -0.395 e. The molecule has 6 nitrogen and oxygen atoms in total. The fraction of sp³-hybridized carbons (Fsp3) is 0.464. The van der Waals surface area contributed by atoms with Gasteiger partial charge in [-0.05, 0) is 60.6 Å². The van der Waals surface area contributed by atoms with Crippen LogP contribution in [0.3, 0.4) is 0 Å². The molecule has 0 radical (unpaired) electrons. The first kappa shape index (κ1) is 17.5. The molecule has 3 aromatic rings. The first-order chi connectivity index (χ1) is 20.5. The van der Waals surface area contributed by atoms with E-state index in [0.29, 0.717) is 17.5 Å². The van der Waals surface area contributed by atoms with Crippen molar-refractivity contribution in [2.24, 2.45) is 0 Å². The summed E-state index contributed by atoms with van der Waals surface area (Å²) in [5, 5.41) is 20.1. The van der Waals surface area contributed by atoms with E-state index in [0.717, 1.165) is 6.07 Å². The highest BCUT2D eigenvalue weighted by molar-refractivity contribution is 5.95. The van der Waals surface area contributed by atoms with Crippen LogP contribution < -0.4 is 9.47 Å². The van der Waals surface area contributed by atoms with E-state index in [4.69, 9.17) is 11.0 Å². The third-order valence-electron chi connectivity index (χ3n) is 6.88. The van der Waals surface area contributed by atoms with E-state index in [9.17, 15) is 23.8 Å². The number of ether oxygens (including phenoxy) is 2. The van der Waals surface area contributed by atoms with Gasteiger partial charge in [-0.3, -0.25) is 4.79 Å². The van der Waals surface area contributed by atoms with Gasteiger partial charge in [-0.25, -0.2) is 4.39 Å². The first-order valence-corrected chi connectivity index (χ1v) is 11.6.